The second-order valence-electron chi connectivity index (χ2n) is 4.21. The van der Waals surface area contributed by atoms with Crippen molar-refractivity contribution in [2.24, 2.45) is 0 Å². The van der Waals surface area contributed by atoms with Crippen molar-refractivity contribution in [3.05, 3.63) is 42.1 Å². The number of benzene rings is 1. The highest BCUT2D eigenvalue weighted by Gasteiger charge is 2.11. The van der Waals surface area contributed by atoms with E-state index in [4.69, 9.17) is 4.74 Å². The second kappa shape index (κ2) is 5.48. The van der Waals surface area contributed by atoms with Gasteiger partial charge in [-0.2, -0.15) is 0 Å². The van der Waals surface area contributed by atoms with Crippen molar-refractivity contribution in [3.8, 4) is 17.4 Å². The highest BCUT2D eigenvalue weighted by molar-refractivity contribution is 5.54. The Kier molecular flexibility index (Phi) is 3.75. The van der Waals surface area contributed by atoms with Crippen molar-refractivity contribution in [1.29, 1.82) is 0 Å². The average molecular weight is 260 g/mol. The van der Waals surface area contributed by atoms with Crippen molar-refractivity contribution < 1.29 is 14.9 Å². The lowest BCUT2D eigenvalue weighted by molar-refractivity contribution is 0.399. The Bertz CT molecular complexity index is 552. The molecule has 0 aliphatic carbocycles. The van der Waals surface area contributed by atoms with Gasteiger partial charge >= 0.3 is 0 Å². The normalized spacial score (nSPS) is 11.9. The Balaban J connectivity index is 2.22. The molecular weight excluding hydrogens is 244 g/mol. The number of aromatic hydroxyl groups is 2. The fourth-order valence-corrected chi connectivity index (χ4v) is 1.85. The summed E-state index contributed by atoms with van der Waals surface area (Å²) in [7, 11) is 1.55. The minimum atomic E-state index is -0.115. The molecule has 1 aromatic carbocycles. The van der Waals surface area contributed by atoms with Crippen LogP contribution in [-0.2, 0) is 0 Å². The molecule has 1 heterocycles. The minimum Gasteiger partial charge on any atom is -0.508 e. The lowest BCUT2D eigenvalue weighted by Gasteiger charge is -2.17. The van der Waals surface area contributed by atoms with Crippen LogP contribution in [0.2, 0.25) is 0 Å². The van der Waals surface area contributed by atoms with E-state index in [0.29, 0.717) is 5.88 Å². The molecule has 0 saturated heterocycles. The van der Waals surface area contributed by atoms with Crippen molar-refractivity contribution in [1.82, 2.24) is 4.98 Å². The monoisotopic (exact) mass is 260 g/mol. The third kappa shape index (κ3) is 3.07. The van der Waals surface area contributed by atoms with Gasteiger partial charge in [0.2, 0.25) is 5.88 Å². The van der Waals surface area contributed by atoms with E-state index < -0.39 is 0 Å². The zero-order valence-corrected chi connectivity index (χ0v) is 10.8. The summed E-state index contributed by atoms with van der Waals surface area (Å²) in [6.07, 6.45) is 1.65. The predicted octanol–water partition coefficient (Wildman–Crippen LogP) is 2.67. The number of hydrogen-bond donors (Lipinski definition) is 3. The summed E-state index contributed by atoms with van der Waals surface area (Å²) >= 11 is 0. The fourth-order valence-electron chi connectivity index (χ4n) is 1.85. The number of aromatic nitrogens is 1. The molecule has 1 atom stereocenters. The van der Waals surface area contributed by atoms with Gasteiger partial charge in [-0.05, 0) is 36.8 Å². The second-order valence-corrected chi connectivity index (χ2v) is 4.21. The molecule has 0 saturated carbocycles. The molecule has 1 aromatic heterocycles. The summed E-state index contributed by atoms with van der Waals surface area (Å²) in [5, 5.41) is 22.2. The molecule has 0 spiro atoms. The molecule has 0 radical (unpaired) electrons. The summed E-state index contributed by atoms with van der Waals surface area (Å²) in [5.74, 6) is 0.558. The highest BCUT2D eigenvalue weighted by Crippen LogP contribution is 2.29. The lowest BCUT2D eigenvalue weighted by Crippen LogP contribution is -2.08. The van der Waals surface area contributed by atoms with Crippen LogP contribution in [0.5, 0.6) is 17.4 Å². The molecule has 100 valence electrons. The van der Waals surface area contributed by atoms with Gasteiger partial charge in [-0.15, -0.1) is 0 Å². The molecule has 1 unspecified atom stereocenters. The zero-order chi connectivity index (χ0) is 13.8. The number of nitrogens with one attached hydrogen (secondary N) is 1. The number of anilines is 1. The van der Waals surface area contributed by atoms with Gasteiger partial charge < -0.3 is 20.3 Å². The third-order valence-electron chi connectivity index (χ3n) is 2.76. The first-order valence-electron chi connectivity index (χ1n) is 5.88. The number of phenolic OH excluding ortho intramolecular Hbond substituents is 2. The van der Waals surface area contributed by atoms with Crippen LogP contribution in [0.25, 0.3) is 0 Å². The zero-order valence-electron chi connectivity index (χ0n) is 10.8. The maximum absolute atomic E-state index is 9.48. The molecular formula is C14H16N2O3. The van der Waals surface area contributed by atoms with Gasteiger partial charge in [0.15, 0.2) is 0 Å². The van der Waals surface area contributed by atoms with E-state index in [9.17, 15) is 10.2 Å². The first-order valence-corrected chi connectivity index (χ1v) is 5.88. The van der Waals surface area contributed by atoms with Crippen LogP contribution in [0.4, 0.5) is 5.69 Å². The van der Waals surface area contributed by atoms with E-state index in [2.05, 4.69) is 10.3 Å². The summed E-state index contributed by atoms with van der Waals surface area (Å²) in [5.41, 5.74) is 1.52. The van der Waals surface area contributed by atoms with Gasteiger partial charge in [-0.1, -0.05) is 0 Å². The Morgan fingerprint density at radius 2 is 1.89 bits per heavy atom. The van der Waals surface area contributed by atoms with Gasteiger partial charge in [-0.25, -0.2) is 4.98 Å². The van der Waals surface area contributed by atoms with Crippen molar-refractivity contribution in [2.45, 2.75) is 13.0 Å². The van der Waals surface area contributed by atoms with Crippen LogP contribution in [0.15, 0.2) is 36.5 Å². The van der Waals surface area contributed by atoms with Crippen molar-refractivity contribution in [2.75, 3.05) is 12.4 Å². The molecule has 5 heteroatoms. The molecule has 3 N–H and O–H groups in total. The molecule has 0 aliphatic heterocycles. The number of phenols is 2. The van der Waals surface area contributed by atoms with E-state index in [1.807, 2.05) is 13.0 Å². The maximum atomic E-state index is 9.48. The largest absolute Gasteiger partial charge is 0.508 e. The lowest BCUT2D eigenvalue weighted by atomic mass is 10.1. The van der Waals surface area contributed by atoms with Crippen molar-refractivity contribution in [3.63, 3.8) is 0 Å². The molecule has 0 fully saturated rings. The van der Waals surface area contributed by atoms with E-state index >= 15 is 0 Å². The summed E-state index contributed by atoms with van der Waals surface area (Å²) in [6, 6.07) is 8.03. The van der Waals surface area contributed by atoms with Crippen LogP contribution in [0, 0.1) is 0 Å². The molecule has 19 heavy (non-hydrogen) atoms. The molecule has 0 aliphatic rings. The number of nitrogens with zero attached hydrogens (tertiary/aromatic N) is 1. The maximum Gasteiger partial charge on any atom is 0.237 e. The van der Waals surface area contributed by atoms with Crippen LogP contribution >= 0.6 is 0 Å². The van der Waals surface area contributed by atoms with E-state index in [1.54, 1.807) is 31.5 Å². The van der Waals surface area contributed by atoms with Crippen molar-refractivity contribution >= 4 is 5.69 Å². The van der Waals surface area contributed by atoms with Crippen LogP contribution in [0.3, 0.4) is 0 Å². The van der Waals surface area contributed by atoms with E-state index in [-0.39, 0.29) is 17.5 Å². The predicted molar refractivity (Wildman–Crippen MR) is 72.6 cm³/mol. The van der Waals surface area contributed by atoms with Crippen LogP contribution in [-0.4, -0.2) is 22.3 Å². The van der Waals surface area contributed by atoms with E-state index in [0.717, 1.165) is 11.3 Å². The van der Waals surface area contributed by atoms with Crippen LogP contribution < -0.4 is 10.1 Å². The van der Waals surface area contributed by atoms with Gasteiger partial charge in [0, 0.05) is 18.3 Å². The first kappa shape index (κ1) is 13.0. The standard InChI is InChI=1S/C14H16N2O3/c1-9(10-6-11(17)8-12(18)7-10)16-13-4-3-5-15-14(13)19-2/h3-9,16-18H,1-2H3. The summed E-state index contributed by atoms with van der Waals surface area (Å²) in [6.45, 7) is 1.92. The Hall–Kier alpha value is -2.43. The summed E-state index contributed by atoms with van der Waals surface area (Å²) < 4.78 is 5.16. The molecule has 0 amide bonds. The molecule has 2 rings (SSSR count). The highest BCUT2D eigenvalue weighted by atomic mass is 16.5. The van der Waals surface area contributed by atoms with Gasteiger partial charge in [0.1, 0.15) is 11.5 Å². The molecule has 0 bridgehead atoms. The quantitative estimate of drug-likeness (QED) is 0.788. The number of pyridine rings is 1. The Labute approximate surface area is 111 Å². The molecule has 5 nitrogen and oxygen atoms in total. The number of hydrogen-bond acceptors (Lipinski definition) is 5. The van der Waals surface area contributed by atoms with E-state index in [1.165, 1.54) is 6.07 Å². The number of methoxy groups -OCH3 is 1. The average Bonchev–Trinajstić information content (AvgIpc) is 2.38. The number of rotatable bonds is 4. The third-order valence-corrected chi connectivity index (χ3v) is 2.76. The van der Waals surface area contributed by atoms with Gasteiger partial charge in [-0.3, -0.25) is 0 Å². The summed E-state index contributed by atoms with van der Waals surface area (Å²) in [4.78, 5) is 4.10. The smallest absolute Gasteiger partial charge is 0.237 e. The molecule has 2 aromatic rings. The van der Waals surface area contributed by atoms with Gasteiger partial charge in [0.05, 0.1) is 12.8 Å². The Morgan fingerprint density at radius 3 is 2.53 bits per heavy atom. The fraction of sp³-hybridized carbons (Fsp3) is 0.214. The SMILES string of the molecule is COc1ncccc1NC(C)c1cc(O)cc(O)c1. The minimum absolute atomic E-state index is 0.0294. The Morgan fingerprint density at radius 1 is 1.21 bits per heavy atom. The first-order chi connectivity index (χ1) is 9.10. The number of ether oxygens (including phenoxy) is 1. The van der Waals surface area contributed by atoms with Gasteiger partial charge in [0.25, 0.3) is 0 Å². The topological polar surface area (TPSA) is 74.6 Å². The van der Waals surface area contributed by atoms with Crippen LogP contribution in [0.1, 0.15) is 18.5 Å².